The third kappa shape index (κ3) is 4.74. The molecule has 0 radical (unpaired) electrons. The van der Waals surface area contributed by atoms with Crippen LogP contribution in [-0.2, 0) is 28.1 Å². The van der Waals surface area contributed by atoms with Crippen molar-refractivity contribution in [2.75, 3.05) is 13.1 Å². The van der Waals surface area contributed by atoms with Crippen LogP contribution >= 0.6 is 0 Å². The molecule has 0 unspecified atom stereocenters. The van der Waals surface area contributed by atoms with Gasteiger partial charge < -0.3 is 4.90 Å². The third-order valence-corrected chi connectivity index (χ3v) is 6.38. The number of carbonyl (C=O) groups excluding carboxylic acids is 1. The summed E-state index contributed by atoms with van der Waals surface area (Å²) in [6, 6.07) is 16.6. The van der Waals surface area contributed by atoms with Crippen LogP contribution < -0.4 is 4.72 Å². The van der Waals surface area contributed by atoms with E-state index >= 15 is 0 Å². The molecule has 1 saturated heterocycles. The van der Waals surface area contributed by atoms with Gasteiger partial charge >= 0.3 is 0 Å². The van der Waals surface area contributed by atoms with Crippen molar-refractivity contribution in [3.05, 3.63) is 71.3 Å². The maximum atomic E-state index is 12.7. The number of hydrogen-bond donors (Lipinski definition) is 1. The second-order valence-corrected chi connectivity index (χ2v) is 8.56. The summed E-state index contributed by atoms with van der Waals surface area (Å²) in [5.74, 6) is -0.173. The number of amides is 1. The van der Waals surface area contributed by atoms with Gasteiger partial charge in [-0.15, -0.1) is 0 Å². The van der Waals surface area contributed by atoms with Gasteiger partial charge in [0.15, 0.2) is 0 Å². The van der Waals surface area contributed by atoms with E-state index < -0.39 is 16.3 Å². The highest BCUT2D eigenvalue weighted by Gasteiger charge is 2.38. The van der Waals surface area contributed by atoms with Gasteiger partial charge in [-0.2, -0.15) is 17.4 Å². The molecule has 0 aliphatic carbocycles. The number of benzene rings is 2. The van der Waals surface area contributed by atoms with E-state index in [9.17, 15) is 13.2 Å². The molecule has 144 valence electrons. The largest absolute Gasteiger partial charge is 0.336 e. The number of carbonyl (C=O) groups is 1. The van der Waals surface area contributed by atoms with Crippen molar-refractivity contribution in [3.63, 3.8) is 0 Å². The molecule has 6 nitrogen and oxygen atoms in total. The summed E-state index contributed by atoms with van der Waals surface area (Å²) >= 11 is 0. The predicted molar refractivity (Wildman–Crippen MR) is 105 cm³/mol. The summed E-state index contributed by atoms with van der Waals surface area (Å²) in [7, 11) is -3.73. The normalized spacial score (nSPS) is 18.7. The third-order valence-electron chi connectivity index (χ3n) is 4.76. The molecular formula is C20H25N3O3S. The van der Waals surface area contributed by atoms with E-state index in [1.54, 1.807) is 11.8 Å². The van der Waals surface area contributed by atoms with Crippen molar-refractivity contribution in [2.24, 2.45) is 0 Å². The molecule has 1 atom stereocenters. The van der Waals surface area contributed by atoms with Crippen molar-refractivity contribution in [1.29, 1.82) is 0 Å². The first-order valence-corrected chi connectivity index (χ1v) is 10.5. The second-order valence-electron chi connectivity index (χ2n) is 6.85. The van der Waals surface area contributed by atoms with Crippen LogP contribution in [0.25, 0.3) is 0 Å². The summed E-state index contributed by atoms with van der Waals surface area (Å²) in [5.41, 5.74) is 3.06. The zero-order valence-electron chi connectivity index (χ0n) is 15.6. The molecule has 1 aliphatic heterocycles. The first-order chi connectivity index (χ1) is 12.9. The number of hydrogen-bond acceptors (Lipinski definition) is 3. The van der Waals surface area contributed by atoms with Crippen molar-refractivity contribution < 1.29 is 13.2 Å². The fraction of sp³-hybridized carbons (Fsp3) is 0.350. The van der Waals surface area contributed by atoms with Crippen molar-refractivity contribution in [3.8, 4) is 0 Å². The van der Waals surface area contributed by atoms with Crippen LogP contribution in [0.3, 0.4) is 0 Å². The standard InChI is InChI=1S/C20H25N3O3S/c1-16-7-6-10-19(13-16)15-22-11-12-23(17(2)20(22)24)27(25,26)21-14-18-8-4-3-5-9-18/h3-10,13,17,21H,11-12,14-15H2,1-2H3/t17-/m0/s1. The maximum absolute atomic E-state index is 12.7. The van der Waals surface area contributed by atoms with Crippen molar-refractivity contribution in [2.45, 2.75) is 33.0 Å². The Morgan fingerprint density at radius 3 is 2.44 bits per heavy atom. The Bertz CT molecular complexity index is 900. The number of piperazine rings is 1. The lowest BCUT2D eigenvalue weighted by atomic mass is 10.1. The molecule has 0 bridgehead atoms. The SMILES string of the molecule is Cc1cccc(CN2CCN(S(=O)(=O)NCc3ccccc3)[C@@H](C)C2=O)c1. The van der Waals surface area contributed by atoms with E-state index in [1.165, 1.54) is 4.31 Å². The molecule has 1 heterocycles. The average molecular weight is 388 g/mol. The maximum Gasteiger partial charge on any atom is 0.280 e. The summed E-state index contributed by atoms with van der Waals surface area (Å²) in [4.78, 5) is 14.5. The highest BCUT2D eigenvalue weighted by Crippen LogP contribution is 2.18. The second kappa shape index (κ2) is 8.21. The van der Waals surface area contributed by atoms with Crippen LogP contribution in [0.2, 0.25) is 0 Å². The minimum Gasteiger partial charge on any atom is -0.336 e. The number of aryl methyl sites for hydroxylation is 1. The minimum atomic E-state index is -3.73. The van der Waals surface area contributed by atoms with Gasteiger partial charge in [0, 0.05) is 26.2 Å². The fourth-order valence-corrected chi connectivity index (χ4v) is 4.62. The number of nitrogens with zero attached hydrogens (tertiary/aromatic N) is 2. The Morgan fingerprint density at radius 2 is 1.74 bits per heavy atom. The van der Waals surface area contributed by atoms with Crippen molar-refractivity contribution in [1.82, 2.24) is 13.9 Å². The fourth-order valence-electron chi connectivity index (χ4n) is 3.28. The molecule has 2 aromatic rings. The minimum absolute atomic E-state index is 0.173. The molecule has 1 aliphatic rings. The number of nitrogens with one attached hydrogen (secondary N) is 1. The van der Waals surface area contributed by atoms with Crippen LogP contribution in [0.4, 0.5) is 0 Å². The van der Waals surface area contributed by atoms with Crippen LogP contribution in [0.15, 0.2) is 54.6 Å². The van der Waals surface area contributed by atoms with E-state index in [0.717, 1.165) is 16.7 Å². The summed E-state index contributed by atoms with van der Waals surface area (Å²) in [5, 5.41) is 0. The van der Waals surface area contributed by atoms with Crippen LogP contribution in [0, 0.1) is 6.92 Å². The highest BCUT2D eigenvalue weighted by atomic mass is 32.2. The molecule has 1 amide bonds. The summed E-state index contributed by atoms with van der Waals surface area (Å²) in [6.45, 7) is 5.01. The van der Waals surface area contributed by atoms with Gasteiger partial charge in [-0.05, 0) is 25.0 Å². The van der Waals surface area contributed by atoms with Gasteiger partial charge in [-0.25, -0.2) is 0 Å². The quantitative estimate of drug-likeness (QED) is 0.825. The highest BCUT2D eigenvalue weighted by molar-refractivity contribution is 7.87. The molecule has 27 heavy (non-hydrogen) atoms. The lowest BCUT2D eigenvalue weighted by Gasteiger charge is -2.38. The Hall–Kier alpha value is -2.22. The Labute approximate surface area is 161 Å². The van der Waals surface area contributed by atoms with E-state index in [4.69, 9.17) is 0 Å². The van der Waals surface area contributed by atoms with Crippen LogP contribution in [-0.4, -0.2) is 42.7 Å². The lowest BCUT2D eigenvalue weighted by Crippen LogP contribution is -2.59. The molecule has 0 saturated carbocycles. The molecule has 2 aromatic carbocycles. The Kier molecular flexibility index (Phi) is 5.94. The van der Waals surface area contributed by atoms with Crippen molar-refractivity contribution >= 4 is 16.1 Å². The van der Waals surface area contributed by atoms with Crippen LogP contribution in [0.5, 0.6) is 0 Å². The smallest absolute Gasteiger partial charge is 0.280 e. The Balaban J connectivity index is 1.64. The molecule has 1 fully saturated rings. The lowest BCUT2D eigenvalue weighted by molar-refractivity contribution is -0.138. The van der Waals surface area contributed by atoms with Gasteiger partial charge in [-0.3, -0.25) is 4.79 Å². The topological polar surface area (TPSA) is 69.7 Å². The average Bonchev–Trinajstić information content (AvgIpc) is 2.65. The first-order valence-electron chi connectivity index (χ1n) is 9.01. The Morgan fingerprint density at radius 1 is 1.04 bits per heavy atom. The van der Waals surface area contributed by atoms with E-state index in [-0.39, 0.29) is 19.0 Å². The van der Waals surface area contributed by atoms with E-state index in [0.29, 0.717) is 13.1 Å². The van der Waals surface area contributed by atoms with E-state index in [2.05, 4.69) is 4.72 Å². The van der Waals surface area contributed by atoms with Gasteiger partial charge in [-0.1, -0.05) is 60.2 Å². The van der Waals surface area contributed by atoms with Gasteiger partial charge in [0.05, 0.1) is 0 Å². The van der Waals surface area contributed by atoms with E-state index in [1.807, 2.05) is 61.5 Å². The molecule has 1 N–H and O–H groups in total. The number of rotatable bonds is 6. The monoisotopic (exact) mass is 387 g/mol. The van der Waals surface area contributed by atoms with Gasteiger partial charge in [0.1, 0.15) is 6.04 Å². The molecule has 0 spiro atoms. The molecule has 7 heteroatoms. The summed E-state index contributed by atoms with van der Waals surface area (Å²) in [6.07, 6.45) is 0. The van der Waals surface area contributed by atoms with Gasteiger partial charge in [0.2, 0.25) is 5.91 Å². The van der Waals surface area contributed by atoms with Gasteiger partial charge in [0.25, 0.3) is 10.2 Å². The predicted octanol–water partition coefficient (Wildman–Crippen LogP) is 2.06. The zero-order valence-corrected chi connectivity index (χ0v) is 16.4. The van der Waals surface area contributed by atoms with Crippen LogP contribution in [0.1, 0.15) is 23.6 Å². The zero-order chi connectivity index (χ0) is 19.4. The first kappa shape index (κ1) is 19.5. The summed E-state index contributed by atoms with van der Waals surface area (Å²) < 4.78 is 29.2. The molecule has 3 rings (SSSR count). The molecule has 0 aromatic heterocycles. The molecular weight excluding hydrogens is 362 g/mol.